The molecule has 10 heteroatoms. The maximum atomic E-state index is 13.8. The molecule has 0 amide bonds. The maximum Gasteiger partial charge on any atom is 0.339 e. The molecule has 0 bridgehead atoms. The minimum Gasteiger partial charge on any atom is -0.497 e. The van der Waals surface area contributed by atoms with Gasteiger partial charge in [-0.05, 0) is 47.3 Å². The first-order valence-electron chi connectivity index (χ1n) is 10.6. The SMILES string of the molecule is COC(=O)c1ccccc1S(=O)(=O)N(Cc1cccnc1)Cc1cc2ccc(OC)cc2[nH]c1=O. The van der Waals surface area contributed by atoms with E-state index in [2.05, 4.69) is 9.97 Å². The second kappa shape index (κ2) is 10.1. The van der Waals surface area contributed by atoms with Gasteiger partial charge < -0.3 is 14.5 Å². The Morgan fingerprint density at radius 3 is 2.54 bits per heavy atom. The fourth-order valence-electron chi connectivity index (χ4n) is 3.69. The quantitative estimate of drug-likeness (QED) is 0.375. The van der Waals surface area contributed by atoms with Gasteiger partial charge in [0.05, 0.1) is 30.2 Å². The minimum atomic E-state index is -4.23. The minimum absolute atomic E-state index is 0.0637. The van der Waals surface area contributed by atoms with Gasteiger partial charge in [-0.1, -0.05) is 18.2 Å². The van der Waals surface area contributed by atoms with Gasteiger partial charge in [-0.15, -0.1) is 0 Å². The fraction of sp³-hybridized carbons (Fsp3) is 0.160. The zero-order valence-corrected chi connectivity index (χ0v) is 19.9. The van der Waals surface area contributed by atoms with Crippen LogP contribution in [0.3, 0.4) is 0 Å². The molecule has 180 valence electrons. The van der Waals surface area contributed by atoms with E-state index in [-0.39, 0.29) is 29.1 Å². The highest BCUT2D eigenvalue weighted by molar-refractivity contribution is 7.89. The van der Waals surface area contributed by atoms with E-state index in [1.54, 1.807) is 54.9 Å². The maximum absolute atomic E-state index is 13.8. The molecule has 2 aromatic heterocycles. The molecule has 4 aromatic rings. The van der Waals surface area contributed by atoms with Crippen molar-refractivity contribution in [3.63, 3.8) is 0 Å². The van der Waals surface area contributed by atoms with Crippen LogP contribution in [0.15, 0.2) is 82.7 Å². The zero-order valence-electron chi connectivity index (χ0n) is 19.1. The van der Waals surface area contributed by atoms with Crippen molar-refractivity contribution in [1.29, 1.82) is 0 Å². The summed E-state index contributed by atoms with van der Waals surface area (Å²) in [6.45, 7) is -0.296. The molecular formula is C25H23N3O6S. The van der Waals surface area contributed by atoms with Gasteiger partial charge in [-0.25, -0.2) is 13.2 Å². The molecule has 0 spiro atoms. The van der Waals surface area contributed by atoms with E-state index in [1.807, 2.05) is 0 Å². The summed E-state index contributed by atoms with van der Waals surface area (Å²) in [5.74, 6) is -0.191. The summed E-state index contributed by atoms with van der Waals surface area (Å²) in [5.41, 5.74) is 0.902. The van der Waals surface area contributed by atoms with Crippen LogP contribution in [0.25, 0.3) is 10.9 Å². The van der Waals surface area contributed by atoms with Crippen molar-refractivity contribution in [2.24, 2.45) is 0 Å². The molecule has 0 saturated carbocycles. The molecular weight excluding hydrogens is 470 g/mol. The van der Waals surface area contributed by atoms with Crippen molar-refractivity contribution >= 4 is 26.9 Å². The zero-order chi connectivity index (χ0) is 25.0. The lowest BCUT2D eigenvalue weighted by atomic mass is 10.1. The van der Waals surface area contributed by atoms with Gasteiger partial charge >= 0.3 is 5.97 Å². The lowest BCUT2D eigenvalue weighted by Gasteiger charge is -2.23. The number of nitrogens with zero attached hydrogens (tertiary/aromatic N) is 2. The van der Waals surface area contributed by atoms with Crippen molar-refractivity contribution in [3.05, 3.63) is 100 Å². The average molecular weight is 494 g/mol. The molecule has 0 aliphatic rings. The summed E-state index contributed by atoms with van der Waals surface area (Å²) in [6, 6.07) is 16.1. The molecule has 0 aliphatic carbocycles. The first kappa shape index (κ1) is 24.1. The van der Waals surface area contributed by atoms with Crippen molar-refractivity contribution < 1.29 is 22.7 Å². The Kier molecular flexibility index (Phi) is 6.94. The molecule has 35 heavy (non-hydrogen) atoms. The summed E-state index contributed by atoms with van der Waals surface area (Å²) in [7, 11) is -1.52. The number of methoxy groups -OCH3 is 2. The smallest absolute Gasteiger partial charge is 0.339 e. The highest BCUT2D eigenvalue weighted by Crippen LogP contribution is 2.25. The number of H-pyrrole nitrogens is 1. The number of carbonyl (C=O) groups excluding carboxylic acids is 1. The van der Waals surface area contributed by atoms with Crippen molar-refractivity contribution in [3.8, 4) is 5.75 Å². The molecule has 9 nitrogen and oxygen atoms in total. The molecule has 1 N–H and O–H groups in total. The van der Waals surface area contributed by atoms with Crippen LogP contribution >= 0.6 is 0 Å². The molecule has 0 radical (unpaired) electrons. The van der Waals surface area contributed by atoms with E-state index in [0.29, 0.717) is 22.2 Å². The summed E-state index contributed by atoms with van der Waals surface area (Å²) in [6.07, 6.45) is 3.13. The lowest BCUT2D eigenvalue weighted by molar-refractivity contribution is 0.0596. The van der Waals surface area contributed by atoms with E-state index in [0.717, 1.165) is 4.31 Å². The van der Waals surface area contributed by atoms with Gasteiger partial charge in [0, 0.05) is 37.1 Å². The average Bonchev–Trinajstić information content (AvgIpc) is 2.88. The number of hydrogen-bond acceptors (Lipinski definition) is 7. The van der Waals surface area contributed by atoms with Crippen molar-refractivity contribution in [2.75, 3.05) is 14.2 Å². The topological polar surface area (TPSA) is 119 Å². The van der Waals surface area contributed by atoms with Crippen LogP contribution in [-0.2, 0) is 27.8 Å². The molecule has 0 fully saturated rings. The Morgan fingerprint density at radius 2 is 1.83 bits per heavy atom. The number of sulfonamides is 1. The van der Waals surface area contributed by atoms with Gasteiger partial charge in [0.25, 0.3) is 5.56 Å². The summed E-state index contributed by atoms with van der Waals surface area (Å²) >= 11 is 0. The van der Waals surface area contributed by atoms with Crippen LogP contribution in [0.4, 0.5) is 0 Å². The number of rotatable bonds is 8. The Morgan fingerprint density at radius 1 is 1.03 bits per heavy atom. The highest BCUT2D eigenvalue weighted by Gasteiger charge is 2.30. The number of esters is 1. The van der Waals surface area contributed by atoms with Crippen LogP contribution in [0, 0.1) is 0 Å². The van der Waals surface area contributed by atoms with E-state index >= 15 is 0 Å². The monoisotopic (exact) mass is 493 g/mol. The largest absolute Gasteiger partial charge is 0.497 e. The molecule has 0 atom stereocenters. The molecule has 2 heterocycles. The third-order valence-electron chi connectivity index (χ3n) is 5.47. The number of carbonyl (C=O) groups is 1. The van der Waals surface area contributed by atoms with Gasteiger partial charge in [0.1, 0.15) is 5.75 Å². The molecule has 2 aromatic carbocycles. The second-order valence-electron chi connectivity index (χ2n) is 7.70. The van der Waals surface area contributed by atoms with Gasteiger partial charge in [0.15, 0.2) is 0 Å². The second-order valence-corrected chi connectivity index (χ2v) is 9.61. The lowest BCUT2D eigenvalue weighted by Crippen LogP contribution is -2.33. The van der Waals surface area contributed by atoms with E-state index in [4.69, 9.17) is 9.47 Å². The normalized spacial score (nSPS) is 11.5. The fourth-order valence-corrected chi connectivity index (χ4v) is 5.28. The molecule has 0 unspecified atom stereocenters. The summed E-state index contributed by atoms with van der Waals surface area (Å²) in [4.78, 5) is 31.8. The van der Waals surface area contributed by atoms with Crippen LogP contribution in [0.5, 0.6) is 5.75 Å². The number of benzene rings is 2. The summed E-state index contributed by atoms with van der Waals surface area (Å²) in [5, 5.41) is 0.717. The van der Waals surface area contributed by atoms with E-state index in [9.17, 15) is 18.0 Å². The standard InChI is InChI=1S/C25H23N3O6S/c1-33-20-10-9-18-12-19(24(29)27-22(18)13-20)16-28(15-17-6-5-11-26-14-17)35(31,32)23-8-4-3-7-21(23)25(30)34-2/h3-14H,15-16H2,1-2H3,(H,27,29). The number of aromatic nitrogens is 2. The number of pyridine rings is 2. The van der Waals surface area contributed by atoms with Gasteiger partial charge in [-0.3, -0.25) is 9.78 Å². The van der Waals surface area contributed by atoms with Gasteiger partial charge in [-0.2, -0.15) is 4.31 Å². The number of aromatic amines is 1. The van der Waals surface area contributed by atoms with Crippen molar-refractivity contribution in [2.45, 2.75) is 18.0 Å². The third-order valence-corrected chi connectivity index (χ3v) is 7.32. The van der Waals surface area contributed by atoms with Crippen LogP contribution in [-0.4, -0.2) is 42.9 Å². The van der Waals surface area contributed by atoms with Crippen LogP contribution in [0.1, 0.15) is 21.5 Å². The Hall–Kier alpha value is -4.02. The van der Waals surface area contributed by atoms with Crippen LogP contribution < -0.4 is 10.3 Å². The van der Waals surface area contributed by atoms with E-state index in [1.165, 1.54) is 32.4 Å². The molecule has 4 rings (SSSR count). The Balaban J connectivity index is 1.81. The van der Waals surface area contributed by atoms with Crippen molar-refractivity contribution in [1.82, 2.24) is 14.3 Å². The Bertz CT molecular complexity index is 1530. The highest BCUT2D eigenvalue weighted by atomic mass is 32.2. The molecule has 0 saturated heterocycles. The number of nitrogens with one attached hydrogen (secondary N) is 1. The number of ether oxygens (including phenoxy) is 2. The first-order chi connectivity index (χ1) is 16.8. The predicted octanol–water partition coefficient (Wildman–Crippen LogP) is 3.11. The molecule has 0 aliphatic heterocycles. The van der Waals surface area contributed by atoms with E-state index < -0.39 is 21.6 Å². The number of fused-ring (bicyclic) bond motifs is 1. The third kappa shape index (κ3) is 5.08. The predicted molar refractivity (Wildman–Crippen MR) is 130 cm³/mol. The Labute approximate surface area is 202 Å². The number of hydrogen-bond donors (Lipinski definition) is 1. The first-order valence-corrected chi connectivity index (χ1v) is 12.0. The summed E-state index contributed by atoms with van der Waals surface area (Å²) < 4.78 is 38.7. The van der Waals surface area contributed by atoms with Crippen LogP contribution in [0.2, 0.25) is 0 Å². The van der Waals surface area contributed by atoms with Gasteiger partial charge in [0.2, 0.25) is 10.0 Å².